The highest BCUT2D eigenvalue weighted by atomic mass is 35.5. The summed E-state index contributed by atoms with van der Waals surface area (Å²) >= 11 is 11.8. The molecule has 21 heavy (non-hydrogen) atoms. The number of halogens is 2. The lowest BCUT2D eigenvalue weighted by molar-refractivity contribution is 0.0986. The van der Waals surface area contributed by atoms with Crippen molar-refractivity contribution in [1.29, 1.82) is 0 Å². The zero-order valence-electron chi connectivity index (χ0n) is 12.0. The second kappa shape index (κ2) is 6.97. The molecule has 2 aromatic carbocycles. The molecule has 0 atom stereocenters. The Balaban J connectivity index is 1.93. The Kier molecular flexibility index (Phi) is 5.27. The lowest BCUT2D eigenvalue weighted by atomic mass is 10.1. The third-order valence-electron chi connectivity index (χ3n) is 3.29. The summed E-state index contributed by atoms with van der Waals surface area (Å²) in [5.74, 6) is 0.0471. The normalized spacial score (nSPS) is 10.5. The first-order chi connectivity index (χ1) is 9.97. The number of benzene rings is 2. The Morgan fingerprint density at radius 3 is 2.48 bits per heavy atom. The molecule has 4 heteroatoms. The van der Waals surface area contributed by atoms with Gasteiger partial charge in [0.1, 0.15) is 0 Å². The number of nitrogens with one attached hydrogen (secondary N) is 1. The molecule has 110 valence electrons. The fraction of sp³-hybridized carbons (Fsp3) is 0.235. The molecule has 0 saturated carbocycles. The number of Topliss-reactive ketones (excluding diaryl/α,β-unsaturated/α-hetero) is 1. The molecule has 0 unspecified atom stereocenters. The maximum absolute atomic E-state index is 12.1. The topological polar surface area (TPSA) is 29.1 Å². The van der Waals surface area contributed by atoms with Crippen molar-refractivity contribution in [3.63, 3.8) is 0 Å². The highest BCUT2D eigenvalue weighted by Gasteiger charge is 2.08. The fourth-order valence-electron chi connectivity index (χ4n) is 2.14. The molecule has 2 aromatic rings. The van der Waals surface area contributed by atoms with Crippen molar-refractivity contribution >= 4 is 34.7 Å². The summed E-state index contributed by atoms with van der Waals surface area (Å²) in [6, 6.07) is 11.2. The van der Waals surface area contributed by atoms with Gasteiger partial charge < -0.3 is 5.32 Å². The molecule has 0 aliphatic carbocycles. The predicted octanol–water partition coefficient (Wildman–Crippen LogP) is 5.30. The van der Waals surface area contributed by atoms with Gasteiger partial charge in [0, 0.05) is 24.2 Å². The minimum Gasteiger partial charge on any atom is -0.384 e. The lowest BCUT2D eigenvalue weighted by Crippen LogP contribution is -2.09. The standard InChI is InChI=1S/C17H17Cl2NO/c1-11-3-6-16(12(2)9-11)20-8-7-17(21)13-4-5-14(18)15(19)10-13/h3-6,9-10,20H,7-8H2,1-2H3. The van der Waals surface area contributed by atoms with Gasteiger partial charge in [-0.05, 0) is 43.7 Å². The molecule has 0 amide bonds. The molecule has 1 N–H and O–H groups in total. The van der Waals surface area contributed by atoms with E-state index >= 15 is 0 Å². The van der Waals surface area contributed by atoms with Gasteiger partial charge in [-0.15, -0.1) is 0 Å². The largest absolute Gasteiger partial charge is 0.384 e. The number of aryl methyl sites for hydroxylation is 2. The quantitative estimate of drug-likeness (QED) is 0.757. The molecule has 0 aliphatic heterocycles. The molecule has 0 aromatic heterocycles. The van der Waals surface area contributed by atoms with E-state index < -0.39 is 0 Å². The number of carbonyl (C=O) groups is 1. The molecule has 0 saturated heterocycles. The van der Waals surface area contributed by atoms with Crippen molar-refractivity contribution in [1.82, 2.24) is 0 Å². The highest BCUT2D eigenvalue weighted by Crippen LogP contribution is 2.23. The van der Waals surface area contributed by atoms with E-state index in [0.29, 0.717) is 28.6 Å². The molecule has 0 heterocycles. The fourth-order valence-corrected chi connectivity index (χ4v) is 2.43. The summed E-state index contributed by atoms with van der Waals surface area (Å²) in [5.41, 5.74) is 4.05. The number of hydrogen-bond acceptors (Lipinski definition) is 2. The zero-order chi connectivity index (χ0) is 15.4. The smallest absolute Gasteiger partial charge is 0.164 e. The number of carbonyl (C=O) groups excluding carboxylic acids is 1. The van der Waals surface area contributed by atoms with Crippen molar-refractivity contribution in [3.05, 3.63) is 63.1 Å². The monoisotopic (exact) mass is 321 g/mol. The second-order valence-corrected chi connectivity index (χ2v) is 5.86. The first-order valence-electron chi connectivity index (χ1n) is 6.77. The average Bonchev–Trinajstić information content (AvgIpc) is 2.44. The highest BCUT2D eigenvalue weighted by molar-refractivity contribution is 6.42. The van der Waals surface area contributed by atoms with E-state index in [0.717, 1.165) is 5.69 Å². The first kappa shape index (κ1) is 15.9. The van der Waals surface area contributed by atoms with Crippen molar-refractivity contribution in [2.45, 2.75) is 20.3 Å². The lowest BCUT2D eigenvalue weighted by Gasteiger charge is -2.10. The molecule has 0 aliphatic rings. The maximum atomic E-state index is 12.1. The molecule has 2 rings (SSSR count). The van der Waals surface area contributed by atoms with Crippen LogP contribution >= 0.6 is 23.2 Å². The summed E-state index contributed by atoms with van der Waals surface area (Å²) in [7, 11) is 0. The van der Waals surface area contributed by atoms with Gasteiger partial charge >= 0.3 is 0 Å². The van der Waals surface area contributed by atoms with Crippen molar-refractivity contribution in [3.8, 4) is 0 Å². The third-order valence-corrected chi connectivity index (χ3v) is 4.03. The Bertz CT molecular complexity index is 668. The summed E-state index contributed by atoms with van der Waals surface area (Å²) in [5, 5.41) is 4.15. The molecular formula is C17H17Cl2NO. The third kappa shape index (κ3) is 4.23. The number of hydrogen-bond donors (Lipinski definition) is 1. The van der Waals surface area contributed by atoms with Crippen LogP contribution in [0.5, 0.6) is 0 Å². The van der Waals surface area contributed by atoms with Gasteiger partial charge in [-0.2, -0.15) is 0 Å². The van der Waals surface area contributed by atoms with E-state index in [2.05, 4.69) is 31.3 Å². The predicted molar refractivity (Wildman–Crippen MR) is 89.8 cm³/mol. The van der Waals surface area contributed by atoms with Crippen LogP contribution in [0.25, 0.3) is 0 Å². The minimum absolute atomic E-state index is 0.0471. The van der Waals surface area contributed by atoms with E-state index in [1.807, 2.05) is 6.07 Å². The van der Waals surface area contributed by atoms with Crippen LogP contribution in [0.4, 0.5) is 5.69 Å². The van der Waals surface area contributed by atoms with E-state index in [1.165, 1.54) is 11.1 Å². The van der Waals surface area contributed by atoms with Crippen molar-refractivity contribution in [2.75, 3.05) is 11.9 Å². The van der Waals surface area contributed by atoms with Crippen LogP contribution in [0.2, 0.25) is 10.0 Å². The zero-order valence-corrected chi connectivity index (χ0v) is 13.6. The van der Waals surface area contributed by atoms with Gasteiger partial charge in [-0.3, -0.25) is 4.79 Å². The Labute approximate surface area is 135 Å². The van der Waals surface area contributed by atoms with Gasteiger partial charge in [-0.25, -0.2) is 0 Å². The number of rotatable bonds is 5. The van der Waals surface area contributed by atoms with Gasteiger partial charge in [0.2, 0.25) is 0 Å². The summed E-state index contributed by atoms with van der Waals surface area (Å²) in [6.07, 6.45) is 0.408. The second-order valence-electron chi connectivity index (χ2n) is 5.05. The van der Waals surface area contributed by atoms with Gasteiger partial charge in [0.15, 0.2) is 5.78 Å². The SMILES string of the molecule is Cc1ccc(NCCC(=O)c2ccc(Cl)c(Cl)c2)c(C)c1. The number of ketones is 1. The number of anilines is 1. The molecule has 2 nitrogen and oxygen atoms in total. The summed E-state index contributed by atoms with van der Waals surface area (Å²) in [6.45, 7) is 4.70. The van der Waals surface area contributed by atoms with Crippen LogP contribution in [0.3, 0.4) is 0 Å². The Morgan fingerprint density at radius 1 is 1.05 bits per heavy atom. The Hall–Kier alpha value is -1.51. The molecule has 0 spiro atoms. The molecule has 0 fully saturated rings. The van der Waals surface area contributed by atoms with Crippen LogP contribution in [-0.2, 0) is 0 Å². The first-order valence-corrected chi connectivity index (χ1v) is 7.52. The Morgan fingerprint density at radius 2 is 1.81 bits per heavy atom. The van der Waals surface area contributed by atoms with Crippen LogP contribution in [0, 0.1) is 13.8 Å². The van der Waals surface area contributed by atoms with Gasteiger partial charge in [0.25, 0.3) is 0 Å². The maximum Gasteiger partial charge on any atom is 0.164 e. The van der Waals surface area contributed by atoms with E-state index in [-0.39, 0.29) is 5.78 Å². The average molecular weight is 322 g/mol. The molecule has 0 bridgehead atoms. The van der Waals surface area contributed by atoms with E-state index in [9.17, 15) is 4.79 Å². The van der Waals surface area contributed by atoms with Crippen LogP contribution in [-0.4, -0.2) is 12.3 Å². The van der Waals surface area contributed by atoms with Crippen LogP contribution < -0.4 is 5.32 Å². The van der Waals surface area contributed by atoms with Crippen LogP contribution in [0.15, 0.2) is 36.4 Å². The molecule has 0 radical (unpaired) electrons. The van der Waals surface area contributed by atoms with E-state index in [4.69, 9.17) is 23.2 Å². The van der Waals surface area contributed by atoms with Gasteiger partial charge in [-0.1, -0.05) is 40.9 Å². The van der Waals surface area contributed by atoms with Crippen LogP contribution in [0.1, 0.15) is 27.9 Å². The summed E-state index contributed by atoms with van der Waals surface area (Å²) in [4.78, 5) is 12.1. The van der Waals surface area contributed by atoms with E-state index in [1.54, 1.807) is 18.2 Å². The minimum atomic E-state index is 0.0471. The van der Waals surface area contributed by atoms with Crippen molar-refractivity contribution < 1.29 is 4.79 Å². The van der Waals surface area contributed by atoms with Gasteiger partial charge in [0.05, 0.1) is 10.0 Å². The summed E-state index contributed by atoms with van der Waals surface area (Å²) < 4.78 is 0. The molecular weight excluding hydrogens is 305 g/mol. The van der Waals surface area contributed by atoms with Crippen molar-refractivity contribution in [2.24, 2.45) is 0 Å².